The van der Waals surface area contributed by atoms with Gasteiger partial charge in [0.15, 0.2) is 6.10 Å². The van der Waals surface area contributed by atoms with Crippen molar-refractivity contribution in [2.24, 2.45) is 5.92 Å². The lowest BCUT2D eigenvalue weighted by Crippen LogP contribution is -2.58. The van der Waals surface area contributed by atoms with Crippen LogP contribution in [0.15, 0.2) is 60.7 Å². The van der Waals surface area contributed by atoms with Gasteiger partial charge in [0.05, 0.1) is 12.5 Å². The highest BCUT2D eigenvalue weighted by Crippen LogP contribution is 2.25. The minimum Gasteiger partial charge on any atom is -0.436 e. The maximum Gasteiger partial charge on any atom is 0.408 e. The highest BCUT2D eigenvalue weighted by molar-refractivity contribution is 5.86. The lowest BCUT2D eigenvalue weighted by molar-refractivity contribution is -0.138. The molecule has 1 aliphatic rings. The highest BCUT2D eigenvalue weighted by Gasteiger charge is 2.42. The van der Waals surface area contributed by atoms with Crippen LogP contribution >= 0.6 is 0 Å². The predicted octanol–water partition coefficient (Wildman–Crippen LogP) is 3.53. The minimum atomic E-state index is -1.33. The number of carbonyl (C=O) groups excluding carboxylic acids is 3. The van der Waals surface area contributed by atoms with Crippen molar-refractivity contribution in [3.8, 4) is 6.07 Å². The van der Waals surface area contributed by atoms with Gasteiger partial charge < -0.3 is 20.3 Å². The van der Waals surface area contributed by atoms with Crippen LogP contribution in [-0.4, -0.2) is 41.0 Å². The number of benzene rings is 2. The molecule has 2 N–H and O–H groups in total. The van der Waals surface area contributed by atoms with Gasteiger partial charge in [-0.15, -0.1) is 0 Å². The van der Waals surface area contributed by atoms with E-state index in [0.717, 1.165) is 11.1 Å². The Morgan fingerprint density at radius 3 is 2.29 bits per heavy atom. The van der Waals surface area contributed by atoms with Crippen LogP contribution in [0, 0.1) is 17.2 Å². The molecule has 0 aliphatic carbocycles. The van der Waals surface area contributed by atoms with Crippen LogP contribution in [-0.2, 0) is 27.4 Å². The van der Waals surface area contributed by atoms with Gasteiger partial charge in [-0.1, -0.05) is 74.5 Å². The van der Waals surface area contributed by atoms with Gasteiger partial charge in [0.2, 0.25) is 5.91 Å². The van der Waals surface area contributed by atoms with E-state index >= 15 is 0 Å². The number of carbonyl (C=O) groups is 3. The molecule has 3 amide bonds. The fourth-order valence-corrected chi connectivity index (χ4v) is 4.00. The van der Waals surface area contributed by atoms with E-state index in [4.69, 9.17) is 4.74 Å². The SMILES string of the molecule is CC(C)CC(OC(=O)NCc1ccccc1)C(=O)NC1(C#N)CCN(Cc2ccccc2)C(=O)C1. The Bertz CT molecular complexity index is 1050. The van der Waals surface area contributed by atoms with E-state index in [1.165, 1.54) is 0 Å². The van der Waals surface area contributed by atoms with Gasteiger partial charge >= 0.3 is 6.09 Å². The summed E-state index contributed by atoms with van der Waals surface area (Å²) in [6, 6.07) is 21.1. The molecule has 1 saturated heterocycles. The molecular formula is C27H32N4O4. The van der Waals surface area contributed by atoms with Crippen LogP contribution in [0.5, 0.6) is 0 Å². The van der Waals surface area contributed by atoms with E-state index in [1.807, 2.05) is 74.5 Å². The number of amides is 3. The Hall–Kier alpha value is -3.86. The van der Waals surface area contributed by atoms with Crippen LogP contribution in [0.3, 0.4) is 0 Å². The molecule has 2 aromatic rings. The summed E-state index contributed by atoms with van der Waals surface area (Å²) in [5.41, 5.74) is 0.570. The number of nitriles is 1. The van der Waals surface area contributed by atoms with Crippen LogP contribution in [0.4, 0.5) is 4.79 Å². The summed E-state index contributed by atoms with van der Waals surface area (Å²) in [4.78, 5) is 40.0. The number of hydrogen-bond donors (Lipinski definition) is 2. The van der Waals surface area contributed by atoms with Crippen molar-refractivity contribution in [2.75, 3.05) is 6.54 Å². The van der Waals surface area contributed by atoms with Crippen molar-refractivity contribution in [1.29, 1.82) is 5.26 Å². The second-order valence-corrected chi connectivity index (χ2v) is 9.27. The summed E-state index contributed by atoms with van der Waals surface area (Å²) in [6.07, 6.45) is -1.33. The summed E-state index contributed by atoms with van der Waals surface area (Å²) in [6.45, 7) is 4.89. The number of ether oxygens (including phenoxy) is 1. The summed E-state index contributed by atoms with van der Waals surface area (Å²) < 4.78 is 5.44. The van der Waals surface area contributed by atoms with E-state index < -0.39 is 23.6 Å². The fraction of sp³-hybridized carbons (Fsp3) is 0.407. The van der Waals surface area contributed by atoms with E-state index in [-0.39, 0.29) is 24.8 Å². The largest absolute Gasteiger partial charge is 0.436 e. The monoisotopic (exact) mass is 476 g/mol. The average Bonchev–Trinajstić information content (AvgIpc) is 2.85. The molecule has 0 aromatic heterocycles. The van der Waals surface area contributed by atoms with Crippen LogP contribution < -0.4 is 10.6 Å². The highest BCUT2D eigenvalue weighted by atomic mass is 16.6. The molecular weight excluding hydrogens is 444 g/mol. The molecule has 2 aromatic carbocycles. The van der Waals surface area contributed by atoms with Crippen molar-refractivity contribution in [3.05, 3.63) is 71.8 Å². The zero-order chi connectivity index (χ0) is 25.3. The Morgan fingerprint density at radius 1 is 1.09 bits per heavy atom. The Morgan fingerprint density at radius 2 is 1.71 bits per heavy atom. The summed E-state index contributed by atoms with van der Waals surface area (Å²) in [7, 11) is 0. The Labute approximate surface area is 206 Å². The molecule has 2 atom stereocenters. The quantitative estimate of drug-likeness (QED) is 0.575. The number of hydrogen-bond acceptors (Lipinski definition) is 5. The normalized spacial score (nSPS) is 18.5. The number of likely N-dealkylation sites (tertiary alicyclic amines) is 1. The van der Waals surface area contributed by atoms with Crippen molar-refractivity contribution < 1.29 is 19.1 Å². The topological polar surface area (TPSA) is 112 Å². The van der Waals surface area contributed by atoms with Gasteiger partial charge in [0, 0.05) is 26.1 Å². The lowest BCUT2D eigenvalue weighted by atomic mass is 9.87. The van der Waals surface area contributed by atoms with Gasteiger partial charge in [-0.3, -0.25) is 9.59 Å². The molecule has 8 nitrogen and oxygen atoms in total. The molecule has 2 unspecified atom stereocenters. The molecule has 1 heterocycles. The number of alkyl carbamates (subject to hydrolysis) is 1. The standard InChI is InChI=1S/C27H32N4O4/c1-20(2)15-23(35-26(34)29-17-21-9-5-3-6-10-21)25(33)30-27(19-28)13-14-31(24(32)16-27)18-22-11-7-4-8-12-22/h3-12,20,23H,13-18H2,1-2H3,(H,29,34)(H,30,33). The Balaban J connectivity index is 1.60. The van der Waals surface area contributed by atoms with Crippen molar-refractivity contribution in [3.63, 3.8) is 0 Å². The van der Waals surface area contributed by atoms with E-state index in [2.05, 4.69) is 16.7 Å². The molecule has 0 radical (unpaired) electrons. The molecule has 184 valence electrons. The van der Waals surface area contributed by atoms with Gasteiger partial charge in [0.1, 0.15) is 5.54 Å². The zero-order valence-corrected chi connectivity index (χ0v) is 20.2. The first-order valence-electron chi connectivity index (χ1n) is 11.8. The average molecular weight is 477 g/mol. The summed E-state index contributed by atoms with van der Waals surface area (Å²) in [5, 5.41) is 15.3. The third-order valence-corrected chi connectivity index (χ3v) is 5.91. The minimum absolute atomic E-state index is 0.0695. The van der Waals surface area contributed by atoms with Gasteiger partial charge in [-0.25, -0.2) is 4.79 Å². The smallest absolute Gasteiger partial charge is 0.408 e. The molecule has 1 aliphatic heterocycles. The van der Waals surface area contributed by atoms with Crippen LogP contribution in [0.1, 0.15) is 44.2 Å². The molecule has 0 spiro atoms. The van der Waals surface area contributed by atoms with Gasteiger partial charge in [0.25, 0.3) is 5.91 Å². The molecule has 35 heavy (non-hydrogen) atoms. The maximum absolute atomic E-state index is 13.1. The summed E-state index contributed by atoms with van der Waals surface area (Å²) >= 11 is 0. The summed E-state index contributed by atoms with van der Waals surface area (Å²) in [5.74, 6) is -0.705. The first kappa shape index (κ1) is 25.8. The molecule has 8 heteroatoms. The van der Waals surface area contributed by atoms with Crippen molar-refractivity contribution >= 4 is 17.9 Å². The number of nitrogens with zero attached hydrogens (tertiary/aromatic N) is 2. The lowest BCUT2D eigenvalue weighted by Gasteiger charge is -2.38. The van der Waals surface area contributed by atoms with Gasteiger partial charge in [-0.2, -0.15) is 5.26 Å². The second-order valence-electron chi connectivity index (χ2n) is 9.27. The fourth-order valence-electron chi connectivity index (χ4n) is 4.00. The third-order valence-electron chi connectivity index (χ3n) is 5.91. The predicted molar refractivity (Wildman–Crippen MR) is 131 cm³/mol. The second kappa shape index (κ2) is 12.0. The van der Waals surface area contributed by atoms with Crippen molar-refractivity contribution in [1.82, 2.24) is 15.5 Å². The Kier molecular flexibility index (Phi) is 8.85. The van der Waals surface area contributed by atoms with Crippen LogP contribution in [0.25, 0.3) is 0 Å². The molecule has 0 saturated carbocycles. The zero-order valence-electron chi connectivity index (χ0n) is 20.2. The molecule has 0 bridgehead atoms. The maximum atomic E-state index is 13.1. The number of nitrogens with one attached hydrogen (secondary N) is 2. The molecule has 1 fully saturated rings. The van der Waals surface area contributed by atoms with E-state index in [9.17, 15) is 19.6 Å². The molecule has 3 rings (SSSR count). The number of piperidine rings is 1. The first-order valence-corrected chi connectivity index (χ1v) is 11.8. The van der Waals surface area contributed by atoms with Gasteiger partial charge in [-0.05, 0) is 23.5 Å². The van der Waals surface area contributed by atoms with E-state index in [0.29, 0.717) is 25.9 Å². The first-order chi connectivity index (χ1) is 16.8. The van der Waals surface area contributed by atoms with Crippen molar-refractivity contribution in [2.45, 2.75) is 57.8 Å². The number of rotatable bonds is 9. The van der Waals surface area contributed by atoms with E-state index in [1.54, 1.807) is 4.90 Å². The third kappa shape index (κ3) is 7.57. The van der Waals surface area contributed by atoms with Crippen LogP contribution in [0.2, 0.25) is 0 Å².